The van der Waals surface area contributed by atoms with Gasteiger partial charge in [0, 0.05) is 6.92 Å². The number of carbonyl (C=O) groups is 1. The molecule has 5 heteroatoms. The molecule has 0 spiro atoms. The Hall–Kier alpha value is -0.650. The number of nitrogens with zero attached hydrogens (tertiary/aromatic N) is 1. The molecule has 0 heterocycles. The van der Waals surface area contributed by atoms with E-state index in [0.29, 0.717) is 5.17 Å². The topological polar surface area (TPSA) is 78.6 Å². The Morgan fingerprint density at radius 3 is 2.00 bits per heavy atom. The summed E-state index contributed by atoms with van der Waals surface area (Å²) in [5.41, 5.74) is -1.88. The molecular formula is C8H17N2O3-. The average molecular weight is 189 g/mol. The van der Waals surface area contributed by atoms with Gasteiger partial charge in [-0.2, -0.15) is 0 Å². The van der Waals surface area contributed by atoms with Crippen LogP contribution in [0.1, 0.15) is 34.6 Å². The van der Waals surface area contributed by atoms with Gasteiger partial charge in [0.2, 0.25) is 0 Å². The fourth-order valence-electron chi connectivity index (χ4n) is 0.750. The van der Waals surface area contributed by atoms with E-state index in [-0.39, 0.29) is 0 Å². The Kier molecular flexibility index (Phi) is 3.43. The number of hydrogen-bond donors (Lipinski definition) is 1. The maximum atomic E-state index is 11.0. The number of carbonyl (C=O) groups excluding carboxylic acids is 1. The molecule has 0 aliphatic carbocycles. The van der Waals surface area contributed by atoms with Gasteiger partial charge in [0.15, 0.2) is 0 Å². The predicted octanol–water partition coefficient (Wildman–Crippen LogP) is 0.780. The summed E-state index contributed by atoms with van der Waals surface area (Å²) in [5, 5.41) is 11.3. The number of rotatable bonds is 3. The van der Waals surface area contributed by atoms with Gasteiger partial charge in [-0.05, 0) is 27.7 Å². The third-order valence-corrected chi connectivity index (χ3v) is 2.42. The lowest BCUT2D eigenvalue weighted by molar-refractivity contribution is -0.166. The fourth-order valence-corrected chi connectivity index (χ4v) is 0.750. The summed E-state index contributed by atoms with van der Waals surface area (Å²) in [4.78, 5) is 10.7. The Morgan fingerprint density at radius 1 is 1.38 bits per heavy atom. The molecule has 0 radical (unpaired) electrons. The van der Waals surface area contributed by atoms with Crippen molar-refractivity contribution in [3.8, 4) is 0 Å². The molecule has 0 aromatic carbocycles. The van der Waals surface area contributed by atoms with Gasteiger partial charge in [-0.3, -0.25) is 10.6 Å². The average Bonchev–Trinajstić information content (AvgIpc) is 1.83. The van der Waals surface area contributed by atoms with Crippen LogP contribution in [-0.4, -0.2) is 22.3 Å². The summed E-state index contributed by atoms with van der Waals surface area (Å²) >= 11 is 0. The summed E-state index contributed by atoms with van der Waals surface area (Å²) in [5.74, 6) is 4.69. The second-order valence-corrected chi connectivity index (χ2v) is 3.99. The summed E-state index contributed by atoms with van der Waals surface area (Å²) in [7, 11) is 0. The molecular weight excluding hydrogens is 172 g/mol. The molecule has 13 heavy (non-hydrogen) atoms. The Morgan fingerprint density at radius 2 is 1.77 bits per heavy atom. The van der Waals surface area contributed by atoms with Crippen molar-refractivity contribution in [3.63, 3.8) is 0 Å². The third-order valence-electron chi connectivity index (χ3n) is 2.42. The van der Waals surface area contributed by atoms with E-state index in [9.17, 15) is 10.0 Å². The molecule has 0 saturated carbocycles. The molecule has 0 amide bonds. The quantitative estimate of drug-likeness (QED) is 0.403. The maximum Gasteiger partial charge on any atom is 0.303 e. The van der Waals surface area contributed by atoms with Crippen LogP contribution in [0, 0.1) is 5.21 Å². The lowest BCUT2D eigenvalue weighted by atomic mass is 9.86. The summed E-state index contributed by atoms with van der Waals surface area (Å²) in [6.07, 6.45) is 0. The molecule has 0 saturated heterocycles. The van der Waals surface area contributed by atoms with E-state index < -0.39 is 17.1 Å². The molecule has 0 aliphatic heterocycles. The molecule has 0 aromatic rings. The van der Waals surface area contributed by atoms with Crippen LogP contribution in [0.4, 0.5) is 0 Å². The minimum atomic E-state index is -0.960. The van der Waals surface area contributed by atoms with E-state index >= 15 is 0 Å². The van der Waals surface area contributed by atoms with Crippen molar-refractivity contribution in [3.05, 3.63) is 5.21 Å². The maximum absolute atomic E-state index is 11.0. The van der Waals surface area contributed by atoms with Crippen molar-refractivity contribution in [1.82, 2.24) is 5.17 Å². The molecule has 0 aliphatic rings. The van der Waals surface area contributed by atoms with E-state index in [1.54, 1.807) is 27.7 Å². The zero-order valence-corrected chi connectivity index (χ0v) is 8.75. The summed E-state index contributed by atoms with van der Waals surface area (Å²) in [6.45, 7) is 7.81. The fraction of sp³-hybridized carbons (Fsp3) is 0.875. The van der Waals surface area contributed by atoms with E-state index in [1.807, 2.05) is 0 Å². The summed E-state index contributed by atoms with van der Waals surface area (Å²) in [6, 6.07) is 0. The zero-order chi connectivity index (χ0) is 10.9. The highest BCUT2D eigenvalue weighted by Gasteiger charge is 2.40. The highest BCUT2D eigenvalue weighted by molar-refractivity contribution is 5.66. The lowest BCUT2D eigenvalue weighted by Gasteiger charge is -2.49. The third kappa shape index (κ3) is 2.65. The number of hydrogen-bond acceptors (Lipinski definition) is 5. The van der Waals surface area contributed by atoms with Crippen LogP contribution in [0.3, 0.4) is 0 Å². The standard InChI is InChI=1S/C8H17N2O3/c1-6(11)13-8(4,5)7(2,3)10(9)12/h9H2,1-5H3/q-1. The number of ether oxygens (including phenoxy) is 1. The second-order valence-electron chi connectivity index (χ2n) is 3.99. The Bertz CT molecular complexity index is 200. The molecule has 5 nitrogen and oxygen atoms in total. The van der Waals surface area contributed by atoms with Gasteiger partial charge in [0.05, 0.1) is 5.54 Å². The van der Waals surface area contributed by atoms with Gasteiger partial charge < -0.3 is 15.1 Å². The first-order valence-electron chi connectivity index (χ1n) is 4.03. The van der Waals surface area contributed by atoms with Crippen LogP contribution < -0.4 is 5.84 Å². The van der Waals surface area contributed by atoms with E-state index in [1.165, 1.54) is 6.92 Å². The Labute approximate surface area is 78.4 Å². The van der Waals surface area contributed by atoms with E-state index in [0.717, 1.165) is 0 Å². The van der Waals surface area contributed by atoms with Crippen LogP contribution in [0.25, 0.3) is 0 Å². The van der Waals surface area contributed by atoms with Gasteiger partial charge in [0.1, 0.15) is 5.60 Å². The first-order valence-corrected chi connectivity index (χ1v) is 4.03. The van der Waals surface area contributed by atoms with Gasteiger partial charge in [-0.15, -0.1) is 0 Å². The monoisotopic (exact) mass is 189 g/mol. The highest BCUT2D eigenvalue weighted by atomic mass is 16.6. The minimum Gasteiger partial charge on any atom is -0.771 e. The number of nitrogens with two attached hydrogens (primary N) is 1. The van der Waals surface area contributed by atoms with E-state index in [4.69, 9.17) is 10.6 Å². The molecule has 0 unspecified atom stereocenters. The smallest absolute Gasteiger partial charge is 0.303 e. The number of hydroxylamine groups is 1. The van der Waals surface area contributed by atoms with Crippen LogP contribution >= 0.6 is 0 Å². The van der Waals surface area contributed by atoms with Crippen molar-refractivity contribution in [2.45, 2.75) is 45.8 Å². The lowest BCUT2D eigenvalue weighted by Crippen LogP contribution is -2.59. The van der Waals surface area contributed by atoms with Crippen molar-refractivity contribution >= 4 is 5.97 Å². The van der Waals surface area contributed by atoms with Crippen LogP contribution in [0.2, 0.25) is 0 Å². The first-order chi connectivity index (χ1) is 5.61. The second kappa shape index (κ2) is 3.61. The van der Waals surface area contributed by atoms with Gasteiger partial charge >= 0.3 is 5.97 Å². The normalized spacial score (nSPS) is 13.2. The van der Waals surface area contributed by atoms with Crippen molar-refractivity contribution in [2.24, 2.45) is 5.84 Å². The van der Waals surface area contributed by atoms with Crippen LogP contribution in [0.5, 0.6) is 0 Å². The SMILES string of the molecule is CC(=O)OC(C)(C)C(C)(C)N(N)[O-]. The largest absolute Gasteiger partial charge is 0.771 e. The van der Waals surface area contributed by atoms with Crippen molar-refractivity contribution in [1.29, 1.82) is 0 Å². The zero-order valence-electron chi connectivity index (χ0n) is 8.75. The molecule has 0 bridgehead atoms. The molecule has 0 rings (SSSR count). The molecule has 0 atom stereocenters. The van der Waals surface area contributed by atoms with Crippen LogP contribution in [-0.2, 0) is 9.53 Å². The molecule has 0 aromatic heterocycles. The predicted molar refractivity (Wildman–Crippen MR) is 49.3 cm³/mol. The van der Waals surface area contributed by atoms with Crippen LogP contribution in [0.15, 0.2) is 0 Å². The number of hydrazine groups is 1. The Balaban J connectivity index is 4.70. The molecule has 2 N–H and O–H groups in total. The van der Waals surface area contributed by atoms with Crippen molar-refractivity contribution < 1.29 is 9.53 Å². The van der Waals surface area contributed by atoms with Gasteiger partial charge in [0.25, 0.3) is 0 Å². The minimum absolute atomic E-state index is 0.302. The molecule has 0 fully saturated rings. The van der Waals surface area contributed by atoms with Gasteiger partial charge in [-0.25, -0.2) is 0 Å². The van der Waals surface area contributed by atoms with Gasteiger partial charge in [-0.1, -0.05) is 0 Å². The highest BCUT2D eigenvalue weighted by Crippen LogP contribution is 2.28. The summed E-state index contributed by atoms with van der Waals surface area (Å²) < 4.78 is 5.00. The van der Waals surface area contributed by atoms with Crippen molar-refractivity contribution in [2.75, 3.05) is 0 Å². The molecule has 78 valence electrons. The van der Waals surface area contributed by atoms with E-state index in [2.05, 4.69) is 0 Å². The first kappa shape index (κ1) is 12.3. The number of esters is 1.